The Balaban J connectivity index is 1.63. The van der Waals surface area contributed by atoms with E-state index in [9.17, 15) is 4.79 Å². The first-order chi connectivity index (χ1) is 12.7. The van der Waals surface area contributed by atoms with Crippen molar-refractivity contribution in [3.05, 3.63) is 76.7 Å². The lowest BCUT2D eigenvalue weighted by Crippen LogP contribution is -2.31. The molecule has 0 saturated carbocycles. The van der Waals surface area contributed by atoms with Crippen molar-refractivity contribution in [2.75, 3.05) is 6.54 Å². The molecule has 1 aliphatic rings. The Labute approximate surface area is 153 Å². The van der Waals surface area contributed by atoms with Crippen LogP contribution < -0.4 is 5.32 Å². The zero-order valence-corrected chi connectivity index (χ0v) is 14.8. The van der Waals surface area contributed by atoms with Crippen LogP contribution in [0.3, 0.4) is 0 Å². The van der Waals surface area contributed by atoms with E-state index >= 15 is 0 Å². The van der Waals surface area contributed by atoms with Crippen LogP contribution in [-0.2, 0) is 12.8 Å². The highest BCUT2D eigenvalue weighted by atomic mass is 16.1. The first kappa shape index (κ1) is 16.3. The summed E-state index contributed by atoms with van der Waals surface area (Å²) in [6.45, 7) is 2.85. The van der Waals surface area contributed by atoms with Crippen molar-refractivity contribution >= 4 is 18.1 Å². The molecule has 26 heavy (non-hydrogen) atoms. The van der Waals surface area contributed by atoms with Crippen molar-refractivity contribution in [2.24, 2.45) is 0 Å². The molecule has 2 aromatic heterocycles. The highest BCUT2D eigenvalue weighted by Gasteiger charge is 2.19. The van der Waals surface area contributed by atoms with E-state index in [0.717, 1.165) is 41.1 Å². The van der Waals surface area contributed by atoms with Crippen molar-refractivity contribution in [2.45, 2.75) is 19.8 Å². The van der Waals surface area contributed by atoms with Gasteiger partial charge in [-0.05, 0) is 41.8 Å². The molecule has 0 saturated heterocycles. The van der Waals surface area contributed by atoms with Crippen LogP contribution in [0.4, 0.5) is 0 Å². The number of hydrogen-bond donors (Lipinski definition) is 2. The number of carbonyl (C=O) groups is 1. The van der Waals surface area contributed by atoms with Gasteiger partial charge in [-0.3, -0.25) is 9.78 Å². The summed E-state index contributed by atoms with van der Waals surface area (Å²) in [6, 6.07) is 14.3. The first-order valence-corrected chi connectivity index (χ1v) is 8.97. The second kappa shape index (κ2) is 7.00. The molecule has 0 bridgehead atoms. The predicted octanol–water partition coefficient (Wildman–Crippen LogP) is 4.10. The quantitative estimate of drug-likeness (QED) is 0.749. The average Bonchev–Trinajstić information content (AvgIpc) is 3.13. The predicted molar refractivity (Wildman–Crippen MR) is 105 cm³/mol. The number of carbonyl (C=O) groups excluding carboxylic acids is 1. The van der Waals surface area contributed by atoms with Gasteiger partial charge in [0.1, 0.15) is 0 Å². The molecule has 0 radical (unpaired) electrons. The molecule has 0 aliphatic carbocycles. The van der Waals surface area contributed by atoms with E-state index in [0.29, 0.717) is 6.54 Å². The van der Waals surface area contributed by atoms with Crippen LogP contribution in [0.25, 0.3) is 23.4 Å². The van der Waals surface area contributed by atoms with E-state index in [2.05, 4.69) is 52.5 Å². The Hall–Kier alpha value is -3.14. The molecule has 0 spiro atoms. The summed E-state index contributed by atoms with van der Waals surface area (Å²) in [7, 11) is 0. The Bertz CT molecular complexity index is 985. The number of pyridine rings is 1. The molecular weight excluding hydrogens is 322 g/mol. The molecule has 130 valence electrons. The van der Waals surface area contributed by atoms with Gasteiger partial charge < -0.3 is 10.3 Å². The zero-order valence-electron chi connectivity index (χ0n) is 14.8. The molecule has 3 heterocycles. The van der Waals surface area contributed by atoms with Gasteiger partial charge in [0.2, 0.25) is 0 Å². The minimum atomic E-state index is -0.000835. The molecule has 1 amide bonds. The molecule has 0 unspecified atom stereocenters. The Morgan fingerprint density at radius 1 is 1.15 bits per heavy atom. The first-order valence-electron chi connectivity index (χ1n) is 8.97. The maximum absolute atomic E-state index is 12.0. The topological polar surface area (TPSA) is 57.8 Å². The molecule has 4 nitrogen and oxygen atoms in total. The van der Waals surface area contributed by atoms with Gasteiger partial charge in [-0.1, -0.05) is 37.3 Å². The zero-order chi connectivity index (χ0) is 17.9. The van der Waals surface area contributed by atoms with Crippen LogP contribution in [0.15, 0.2) is 48.7 Å². The minimum Gasteiger partial charge on any atom is -0.358 e. The van der Waals surface area contributed by atoms with Gasteiger partial charge in [-0.2, -0.15) is 0 Å². The summed E-state index contributed by atoms with van der Waals surface area (Å²) >= 11 is 0. The smallest absolute Gasteiger partial charge is 0.253 e. The Morgan fingerprint density at radius 3 is 2.88 bits per heavy atom. The van der Waals surface area contributed by atoms with Gasteiger partial charge in [-0.15, -0.1) is 0 Å². The molecule has 4 heteroatoms. The number of aromatic nitrogens is 2. The van der Waals surface area contributed by atoms with Gasteiger partial charge >= 0.3 is 0 Å². The molecular formula is C22H21N3O. The molecule has 1 aliphatic heterocycles. The van der Waals surface area contributed by atoms with Crippen LogP contribution >= 0.6 is 0 Å². The number of H-pyrrole nitrogens is 1. The van der Waals surface area contributed by atoms with E-state index < -0.39 is 0 Å². The molecule has 2 N–H and O–H groups in total. The molecule has 0 atom stereocenters. The Morgan fingerprint density at radius 2 is 2.04 bits per heavy atom. The van der Waals surface area contributed by atoms with Crippen molar-refractivity contribution in [3.63, 3.8) is 0 Å². The lowest BCUT2D eigenvalue weighted by atomic mass is 10.0. The summed E-state index contributed by atoms with van der Waals surface area (Å²) < 4.78 is 0. The molecule has 0 fully saturated rings. The largest absolute Gasteiger partial charge is 0.358 e. The highest BCUT2D eigenvalue weighted by molar-refractivity contribution is 5.97. The minimum absolute atomic E-state index is 0.000835. The standard InChI is InChI=1S/C22H21N3O/c1-2-15-5-3-4-6-16(15)7-8-18-13-17(9-11-23-18)21-14-19-20(25-21)10-12-24-22(19)26/h3-9,11,13-14,25H,2,10,12H2,1H3,(H,24,26). The third kappa shape index (κ3) is 3.18. The second-order valence-corrected chi connectivity index (χ2v) is 6.44. The van der Waals surface area contributed by atoms with E-state index in [4.69, 9.17) is 0 Å². The second-order valence-electron chi connectivity index (χ2n) is 6.44. The third-order valence-corrected chi connectivity index (χ3v) is 4.77. The van der Waals surface area contributed by atoms with Crippen LogP contribution in [0, 0.1) is 0 Å². The number of fused-ring (bicyclic) bond motifs is 1. The molecule has 1 aromatic carbocycles. The van der Waals surface area contributed by atoms with Crippen LogP contribution in [-0.4, -0.2) is 22.4 Å². The number of nitrogens with zero attached hydrogens (tertiary/aromatic N) is 1. The fourth-order valence-corrected chi connectivity index (χ4v) is 3.35. The number of rotatable bonds is 4. The van der Waals surface area contributed by atoms with E-state index in [1.54, 1.807) is 6.20 Å². The van der Waals surface area contributed by atoms with Crippen molar-refractivity contribution in [1.29, 1.82) is 0 Å². The van der Waals surface area contributed by atoms with Crippen molar-refractivity contribution in [1.82, 2.24) is 15.3 Å². The fourth-order valence-electron chi connectivity index (χ4n) is 3.35. The average molecular weight is 343 g/mol. The summed E-state index contributed by atoms with van der Waals surface area (Å²) in [5, 5.41) is 2.88. The van der Waals surface area contributed by atoms with Gasteiger partial charge in [0.25, 0.3) is 5.91 Å². The number of nitrogens with one attached hydrogen (secondary N) is 2. The lowest BCUT2D eigenvalue weighted by molar-refractivity contribution is 0.0946. The number of amides is 1. The highest BCUT2D eigenvalue weighted by Crippen LogP contribution is 2.24. The maximum atomic E-state index is 12.0. The number of hydrogen-bond acceptors (Lipinski definition) is 2. The number of aryl methyl sites for hydroxylation is 1. The fraction of sp³-hybridized carbons (Fsp3) is 0.182. The van der Waals surface area contributed by atoms with Crippen LogP contribution in [0.5, 0.6) is 0 Å². The Kier molecular flexibility index (Phi) is 4.40. The van der Waals surface area contributed by atoms with Crippen LogP contribution in [0.1, 0.15) is 39.8 Å². The van der Waals surface area contributed by atoms with E-state index in [1.807, 2.05) is 24.3 Å². The summed E-state index contributed by atoms with van der Waals surface area (Å²) in [4.78, 5) is 19.8. The van der Waals surface area contributed by atoms with E-state index in [1.165, 1.54) is 11.1 Å². The molecule has 4 rings (SSSR count). The number of benzene rings is 1. The van der Waals surface area contributed by atoms with Crippen molar-refractivity contribution in [3.8, 4) is 11.3 Å². The molecule has 3 aromatic rings. The maximum Gasteiger partial charge on any atom is 0.253 e. The summed E-state index contributed by atoms with van der Waals surface area (Å²) in [5.41, 5.74) is 7.18. The van der Waals surface area contributed by atoms with Gasteiger partial charge in [0.05, 0.1) is 11.3 Å². The summed E-state index contributed by atoms with van der Waals surface area (Å²) in [5.74, 6) is -0.000835. The van der Waals surface area contributed by atoms with Gasteiger partial charge in [0, 0.05) is 36.1 Å². The van der Waals surface area contributed by atoms with Crippen LogP contribution in [0.2, 0.25) is 0 Å². The van der Waals surface area contributed by atoms with E-state index in [-0.39, 0.29) is 5.91 Å². The SMILES string of the molecule is CCc1ccccc1C=Cc1cc(-c2cc3c([nH]2)CCNC3=O)ccn1. The van der Waals surface area contributed by atoms with Crippen molar-refractivity contribution < 1.29 is 4.79 Å². The normalized spacial score (nSPS) is 13.7. The summed E-state index contributed by atoms with van der Waals surface area (Å²) in [6.07, 6.45) is 7.79. The van der Waals surface area contributed by atoms with Gasteiger partial charge in [-0.25, -0.2) is 0 Å². The van der Waals surface area contributed by atoms with Gasteiger partial charge in [0.15, 0.2) is 0 Å². The monoisotopic (exact) mass is 343 g/mol. The number of aromatic amines is 1. The third-order valence-electron chi connectivity index (χ3n) is 4.77. The lowest BCUT2D eigenvalue weighted by Gasteiger charge is -2.10.